The second-order valence-corrected chi connectivity index (χ2v) is 11.3. The van der Waals surface area contributed by atoms with E-state index in [1.54, 1.807) is 23.1 Å². The van der Waals surface area contributed by atoms with Crippen molar-refractivity contribution in [3.8, 4) is 5.75 Å². The number of para-hydroxylation sites is 1. The minimum atomic E-state index is -0.665. The van der Waals surface area contributed by atoms with E-state index in [1.165, 1.54) is 11.3 Å². The molecule has 1 aliphatic rings. The summed E-state index contributed by atoms with van der Waals surface area (Å²) in [6, 6.07) is 24.6. The van der Waals surface area contributed by atoms with Gasteiger partial charge in [0.25, 0.3) is 11.7 Å². The van der Waals surface area contributed by atoms with Crippen molar-refractivity contribution in [1.82, 2.24) is 9.88 Å². The lowest BCUT2D eigenvalue weighted by atomic mass is 9.97. The first kappa shape index (κ1) is 26.6. The van der Waals surface area contributed by atoms with Crippen LogP contribution in [0.4, 0.5) is 0 Å². The zero-order valence-corrected chi connectivity index (χ0v) is 23.7. The van der Waals surface area contributed by atoms with Gasteiger partial charge in [-0.25, -0.2) is 0 Å². The Balaban J connectivity index is 1.32. The molecule has 206 valence electrons. The molecule has 1 saturated heterocycles. The number of Topliss-reactive ketones (excluding diaryl/α,β-unsaturated/α-hetero) is 1. The normalized spacial score (nSPS) is 16.5. The van der Waals surface area contributed by atoms with E-state index in [0.717, 1.165) is 38.0 Å². The first-order valence-electron chi connectivity index (χ1n) is 13.6. The number of carbonyl (C=O) groups is 2. The van der Waals surface area contributed by atoms with E-state index in [-0.39, 0.29) is 11.3 Å². The Labute approximate surface area is 242 Å². The largest absolute Gasteiger partial charge is 0.507 e. The molecule has 1 amide bonds. The van der Waals surface area contributed by atoms with Gasteiger partial charge in [-0.3, -0.25) is 9.59 Å². The molecule has 0 radical (unpaired) electrons. The summed E-state index contributed by atoms with van der Waals surface area (Å²) in [5.74, 6) is -0.742. The number of aryl methyl sites for hydroxylation is 2. The number of thiophene rings is 1. The van der Waals surface area contributed by atoms with Crippen LogP contribution in [0.3, 0.4) is 0 Å². The average Bonchev–Trinajstić information content (AvgIpc) is 3.67. The summed E-state index contributed by atoms with van der Waals surface area (Å²) in [6.45, 7) is 4.63. The number of benzene rings is 3. The molecule has 5 aromatic rings. The summed E-state index contributed by atoms with van der Waals surface area (Å²) in [5, 5.41) is 14.6. The predicted octanol–water partition coefficient (Wildman–Crippen LogP) is 7.09. The maximum absolute atomic E-state index is 13.5. The van der Waals surface area contributed by atoms with Crippen LogP contribution in [0.25, 0.3) is 16.7 Å². The monoisotopic (exact) mass is 562 g/mol. The Bertz CT molecular complexity index is 1780. The summed E-state index contributed by atoms with van der Waals surface area (Å²) in [6.07, 6.45) is 2.53. The lowest BCUT2D eigenvalue weighted by molar-refractivity contribution is -0.139. The Morgan fingerprint density at radius 2 is 1.76 bits per heavy atom. The third-order valence-electron chi connectivity index (χ3n) is 7.67. The molecule has 1 fully saturated rings. The third kappa shape index (κ3) is 5.05. The van der Waals surface area contributed by atoms with Gasteiger partial charge >= 0.3 is 0 Å². The maximum Gasteiger partial charge on any atom is 0.295 e. The number of aliphatic hydroxyl groups is 1. The van der Waals surface area contributed by atoms with Crippen LogP contribution in [0.5, 0.6) is 5.75 Å². The van der Waals surface area contributed by atoms with E-state index < -0.39 is 17.7 Å². The minimum Gasteiger partial charge on any atom is -0.507 e. The molecule has 7 heteroatoms. The van der Waals surface area contributed by atoms with Crippen LogP contribution in [0, 0.1) is 13.8 Å². The fourth-order valence-electron chi connectivity index (χ4n) is 5.48. The number of nitrogens with zero attached hydrogens (tertiary/aromatic N) is 1. The molecule has 6 rings (SSSR count). The highest BCUT2D eigenvalue weighted by Gasteiger charge is 2.46. The van der Waals surface area contributed by atoms with Gasteiger partial charge in [-0.1, -0.05) is 48.5 Å². The molecule has 1 atom stereocenters. The summed E-state index contributed by atoms with van der Waals surface area (Å²) >= 11 is 1.49. The number of aromatic nitrogens is 1. The van der Waals surface area contributed by atoms with Crippen molar-refractivity contribution in [2.75, 3.05) is 6.54 Å². The number of aliphatic hydroxyl groups excluding tert-OH is 1. The molecule has 3 heterocycles. The number of ether oxygens (including phenoxy) is 1. The number of hydrogen-bond donors (Lipinski definition) is 2. The van der Waals surface area contributed by atoms with Crippen molar-refractivity contribution >= 4 is 39.7 Å². The Morgan fingerprint density at radius 1 is 0.976 bits per heavy atom. The van der Waals surface area contributed by atoms with Gasteiger partial charge in [0, 0.05) is 34.1 Å². The zero-order valence-electron chi connectivity index (χ0n) is 22.9. The summed E-state index contributed by atoms with van der Waals surface area (Å²) < 4.78 is 6.00. The van der Waals surface area contributed by atoms with Gasteiger partial charge in [0.05, 0.1) is 11.6 Å². The Kier molecular flexibility index (Phi) is 7.20. The van der Waals surface area contributed by atoms with E-state index in [1.807, 2.05) is 86.1 Å². The topological polar surface area (TPSA) is 82.6 Å². The molecule has 0 bridgehead atoms. The van der Waals surface area contributed by atoms with Gasteiger partial charge in [0.2, 0.25) is 0 Å². The van der Waals surface area contributed by atoms with Gasteiger partial charge in [0.1, 0.15) is 18.1 Å². The number of nitrogens with one attached hydrogen (secondary N) is 1. The van der Waals surface area contributed by atoms with Gasteiger partial charge < -0.3 is 19.7 Å². The van der Waals surface area contributed by atoms with Crippen LogP contribution in [0.1, 0.15) is 38.7 Å². The number of hydrogen-bond acceptors (Lipinski definition) is 5. The molecular weight excluding hydrogens is 532 g/mol. The molecule has 0 aliphatic carbocycles. The van der Waals surface area contributed by atoms with Crippen LogP contribution >= 0.6 is 11.3 Å². The molecule has 6 nitrogen and oxygen atoms in total. The van der Waals surface area contributed by atoms with Gasteiger partial charge in [-0.15, -0.1) is 11.3 Å². The summed E-state index contributed by atoms with van der Waals surface area (Å²) in [7, 11) is 0. The van der Waals surface area contributed by atoms with E-state index in [2.05, 4.69) is 4.98 Å². The number of H-pyrrole nitrogens is 1. The standard InChI is InChI=1S/C34H30N2O4S/c1-21-15-17-41-33(21)30-29(31(37)24-12-13-28(22(2)18-24)40-20-23-8-4-3-5-9-23)32(38)34(39)36(30)16-14-25-19-35-27-11-7-6-10-26(25)27/h3-13,15,17-19,30,35,37H,14,16,20H2,1-2H3/b31-29-. The van der Waals surface area contributed by atoms with E-state index in [4.69, 9.17) is 4.74 Å². The molecular formula is C34H30N2O4S. The van der Waals surface area contributed by atoms with Crippen molar-refractivity contribution in [3.05, 3.63) is 129 Å². The van der Waals surface area contributed by atoms with Crippen LogP contribution < -0.4 is 4.74 Å². The maximum atomic E-state index is 13.5. The molecule has 2 N–H and O–H groups in total. The molecule has 0 spiro atoms. The van der Waals surface area contributed by atoms with Crippen molar-refractivity contribution in [2.24, 2.45) is 0 Å². The molecule has 3 aromatic carbocycles. The fourth-order valence-corrected chi connectivity index (χ4v) is 6.52. The first-order chi connectivity index (χ1) is 19.9. The van der Waals surface area contributed by atoms with E-state index in [0.29, 0.717) is 30.9 Å². The highest BCUT2D eigenvalue weighted by atomic mass is 32.1. The number of rotatable bonds is 8. The fraction of sp³-hybridized carbons (Fsp3) is 0.176. The number of carbonyl (C=O) groups excluding carboxylic acids is 2. The smallest absolute Gasteiger partial charge is 0.295 e. The second kappa shape index (κ2) is 11.1. The minimum absolute atomic E-state index is 0.122. The quantitative estimate of drug-likeness (QED) is 0.120. The molecule has 2 aromatic heterocycles. The lowest BCUT2D eigenvalue weighted by Crippen LogP contribution is -2.31. The lowest BCUT2D eigenvalue weighted by Gasteiger charge is -2.25. The highest BCUT2D eigenvalue weighted by Crippen LogP contribution is 2.43. The summed E-state index contributed by atoms with van der Waals surface area (Å²) in [4.78, 5) is 32.7. The molecule has 1 unspecified atom stereocenters. The molecule has 41 heavy (non-hydrogen) atoms. The second-order valence-electron chi connectivity index (χ2n) is 10.3. The first-order valence-corrected chi connectivity index (χ1v) is 14.5. The number of ketones is 1. The number of fused-ring (bicyclic) bond motifs is 1. The Morgan fingerprint density at radius 3 is 2.51 bits per heavy atom. The van der Waals surface area contributed by atoms with Gasteiger partial charge in [-0.2, -0.15) is 0 Å². The van der Waals surface area contributed by atoms with Crippen LogP contribution in [0.15, 0.2) is 96.0 Å². The van der Waals surface area contributed by atoms with Crippen LogP contribution in [-0.2, 0) is 22.6 Å². The SMILES string of the molecule is Cc1cc(/C(O)=C2/C(=O)C(=O)N(CCc3c[nH]c4ccccc34)C2c2sccc2C)ccc1OCc1ccccc1. The van der Waals surface area contributed by atoms with Gasteiger partial charge in [-0.05, 0) is 78.2 Å². The highest BCUT2D eigenvalue weighted by molar-refractivity contribution is 7.10. The van der Waals surface area contributed by atoms with Crippen molar-refractivity contribution in [2.45, 2.75) is 32.9 Å². The predicted molar refractivity (Wildman–Crippen MR) is 162 cm³/mol. The van der Waals surface area contributed by atoms with E-state index >= 15 is 0 Å². The van der Waals surface area contributed by atoms with Gasteiger partial charge in [0.15, 0.2) is 0 Å². The molecule has 0 saturated carbocycles. The molecule has 1 aliphatic heterocycles. The van der Waals surface area contributed by atoms with E-state index in [9.17, 15) is 14.7 Å². The number of likely N-dealkylation sites (tertiary alicyclic amines) is 1. The summed E-state index contributed by atoms with van der Waals surface area (Å²) in [5.41, 5.74) is 5.55. The van der Waals surface area contributed by atoms with Crippen molar-refractivity contribution in [3.63, 3.8) is 0 Å². The van der Waals surface area contributed by atoms with Crippen LogP contribution in [0.2, 0.25) is 0 Å². The number of amides is 1. The zero-order chi connectivity index (χ0) is 28.5. The Hall–Kier alpha value is -4.62. The number of aromatic amines is 1. The van der Waals surface area contributed by atoms with Crippen LogP contribution in [-0.4, -0.2) is 33.2 Å². The van der Waals surface area contributed by atoms with Crippen molar-refractivity contribution in [1.29, 1.82) is 0 Å². The third-order valence-corrected chi connectivity index (χ3v) is 8.74. The average molecular weight is 563 g/mol. The van der Waals surface area contributed by atoms with Crippen molar-refractivity contribution < 1.29 is 19.4 Å².